The average Bonchev–Trinajstić information content (AvgIpc) is 2.84. The van der Waals surface area contributed by atoms with E-state index in [1.54, 1.807) is 30.3 Å². The Labute approximate surface area is 122 Å². The predicted molar refractivity (Wildman–Crippen MR) is 78.7 cm³/mol. The summed E-state index contributed by atoms with van der Waals surface area (Å²) in [6, 6.07) is 13.9. The van der Waals surface area contributed by atoms with Crippen molar-refractivity contribution in [2.45, 2.75) is 12.5 Å². The van der Waals surface area contributed by atoms with Crippen LogP contribution in [-0.4, -0.2) is 24.8 Å². The summed E-state index contributed by atoms with van der Waals surface area (Å²) >= 11 is 0. The molecule has 1 aliphatic rings. The Morgan fingerprint density at radius 1 is 1.14 bits per heavy atom. The van der Waals surface area contributed by atoms with E-state index in [1.807, 2.05) is 18.2 Å². The fraction of sp³-hybridized carbons (Fsp3) is 0.176. The number of amides is 1. The molecule has 0 bridgehead atoms. The Kier molecular flexibility index (Phi) is 3.44. The van der Waals surface area contributed by atoms with Gasteiger partial charge in [-0.1, -0.05) is 36.4 Å². The zero-order valence-corrected chi connectivity index (χ0v) is 11.6. The molecule has 0 saturated carbocycles. The van der Waals surface area contributed by atoms with E-state index in [0.29, 0.717) is 23.3 Å². The third-order valence-electron chi connectivity index (χ3n) is 3.68. The summed E-state index contributed by atoms with van der Waals surface area (Å²) in [5.74, 6) is 0.172. The summed E-state index contributed by atoms with van der Waals surface area (Å²) in [4.78, 5) is 24.6. The van der Waals surface area contributed by atoms with Crippen molar-refractivity contribution in [2.75, 3.05) is 7.11 Å². The topological polar surface area (TPSA) is 55.4 Å². The van der Waals surface area contributed by atoms with Crippen molar-refractivity contribution in [3.8, 4) is 5.75 Å². The minimum atomic E-state index is -0.500. The molecule has 3 rings (SSSR count). The molecule has 1 aliphatic carbocycles. The van der Waals surface area contributed by atoms with Gasteiger partial charge in [0.1, 0.15) is 5.75 Å². The minimum absolute atomic E-state index is 0.0335. The molecule has 0 aromatic heterocycles. The van der Waals surface area contributed by atoms with E-state index in [-0.39, 0.29) is 11.7 Å². The second kappa shape index (κ2) is 5.40. The molecule has 0 saturated heterocycles. The molecule has 0 aliphatic heterocycles. The van der Waals surface area contributed by atoms with E-state index in [2.05, 4.69) is 5.32 Å². The number of carbonyl (C=O) groups excluding carboxylic acids is 2. The number of benzene rings is 2. The van der Waals surface area contributed by atoms with Gasteiger partial charge in [0.2, 0.25) is 0 Å². The SMILES string of the molecule is COc1ccccc1C(=O)NC1Cc2ccccc2C1=O. The highest BCUT2D eigenvalue weighted by molar-refractivity contribution is 6.08. The second-order valence-electron chi connectivity index (χ2n) is 4.95. The van der Waals surface area contributed by atoms with Crippen LogP contribution in [-0.2, 0) is 6.42 Å². The molecule has 106 valence electrons. The van der Waals surface area contributed by atoms with E-state index < -0.39 is 6.04 Å². The lowest BCUT2D eigenvalue weighted by atomic mass is 10.1. The molecule has 2 aromatic carbocycles. The van der Waals surface area contributed by atoms with E-state index in [9.17, 15) is 9.59 Å². The summed E-state index contributed by atoms with van der Waals surface area (Å²) in [5.41, 5.74) is 2.11. The highest BCUT2D eigenvalue weighted by Crippen LogP contribution is 2.23. The van der Waals surface area contributed by atoms with Gasteiger partial charge in [-0.25, -0.2) is 0 Å². The van der Waals surface area contributed by atoms with Crippen molar-refractivity contribution in [1.29, 1.82) is 0 Å². The van der Waals surface area contributed by atoms with Gasteiger partial charge < -0.3 is 10.1 Å². The lowest BCUT2D eigenvalue weighted by molar-refractivity contribution is 0.0866. The Morgan fingerprint density at radius 3 is 2.62 bits per heavy atom. The number of hydrogen-bond donors (Lipinski definition) is 1. The molecule has 1 amide bonds. The lowest BCUT2D eigenvalue weighted by Gasteiger charge is -2.13. The summed E-state index contributed by atoms with van der Waals surface area (Å²) in [7, 11) is 1.52. The maximum atomic E-state index is 12.3. The van der Waals surface area contributed by atoms with Gasteiger partial charge in [-0.05, 0) is 17.7 Å². The standard InChI is InChI=1S/C17H15NO3/c1-21-15-9-5-4-8-13(15)17(20)18-14-10-11-6-2-3-7-12(11)16(14)19/h2-9,14H,10H2,1H3,(H,18,20). The van der Waals surface area contributed by atoms with Crippen LogP contribution in [0.5, 0.6) is 5.75 Å². The third-order valence-corrected chi connectivity index (χ3v) is 3.68. The Morgan fingerprint density at radius 2 is 1.86 bits per heavy atom. The molecule has 0 heterocycles. The number of ketones is 1. The van der Waals surface area contributed by atoms with Gasteiger partial charge >= 0.3 is 0 Å². The highest BCUT2D eigenvalue weighted by Gasteiger charge is 2.31. The van der Waals surface area contributed by atoms with Crippen LogP contribution in [0.2, 0.25) is 0 Å². The quantitative estimate of drug-likeness (QED) is 0.938. The first kappa shape index (κ1) is 13.4. The van der Waals surface area contributed by atoms with E-state index in [4.69, 9.17) is 4.74 Å². The van der Waals surface area contributed by atoms with Crippen LogP contribution in [0, 0.1) is 0 Å². The number of para-hydroxylation sites is 1. The number of ether oxygens (including phenoxy) is 1. The van der Waals surface area contributed by atoms with Crippen LogP contribution in [0.1, 0.15) is 26.3 Å². The molecule has 0 radical (unpaired) electrons. The second-order valence-corrected chi connectivity index (χ2v) is 4.95. The highest BCUT2D eigenvalue weighted by atomic mass is 16.5. The Bertz CT molecular complexity index is 709. The van der Waals surface area contributed by atoms with Gasteiger partial charge in [0.15, 0.2) is 5.78 Å². The number of rotatable bonds is 3. The first-order valence-electron chi connectivity index (χ1n) is 6.76. The van der Waals surface area contributed by atoms with Gasteiger partial charge in [-0.2, -0.15) is 0 Å². The monoisotopic (exact) mass is 281 g/mol. The molecule has 0 spiro atoms. The van der Waals surface area contributed by atoms with Gasteiger partial charge in [-0.15, -0.1) is 0 Å². The molecule has 4 heteroatoms. The van der Waals surface area contributed by atoms with Gasteiger partial charge in [0.25, 0.3) is 5.91 Å². The van der Waals surface area contributed by atoms with Crippen molar-refractivity contribution in [3.05, 3.63) is 65.2 Å². The maximum Gasteiger partial charge on any atom is 0.255 e. The van der Waals surface area contributed by atoms with Crippen molar-refractivity contribution in [2.24, 2.45) is 0 Å². The largest absolute Gasteiger partial charge is 0.496 e. The smallest absolute Gasteiger partial charge is 0.255 e. The Hall–Kier alpha value is -2.62. The first-order valence-corrected chi connectivity index (χ1v) is 6.76. The van der Waals surface area contributed by atoms with Crippen molar-refractivity contribution >= 4 is 11.7 Å². The molecule has 21 heavy (non-hydrogen) atoms. The number of Topliss-reactive ketones (excluding diaryl/α,β-unsaturated/α-hetero) is 1. The van der Waals surface area contributed by atoms with E-state index in [0.717, 1.165) is 5.56 Å². The van der Waals surface area contributed by atoms with Crippen molar-refractivity contribution in [1.82, 2.24) is 5.32 Å². The molecule has 1 atom stereocenters. The summed E-state index contributed by atoms with van der Waals surface area (Å²) in [5, 5.41) is 2.80. The summed E-state index contributed by atoms with van der Waals surface area (Å²) < 4.78 is 5.17. The molecule has 0 fully saturated rings. The van der Waals surface area contributed by atoms with Gasteiger partial charge in [-0.3, -0.25) is 9.59 Å². The van der Waals surface area contributed by atoms with Crippen LogP contribution in [0.15, 0.2) is 48.5 Å². The summed E-state index contributed by atoms with van der Waals surface area (Å²) in [6.07, 6.45) is 0.538. The number of fused-ring (bicyclic) bond motifs is 1. The number of hydrogen-bond acceptors (Lipinski definition) is 3. The number of methoxy groups -OCH3 is 1. The van der Waals surface area contributed by atoms with Crippen molar-refractivity contribution < 1.29 is 14.3 Å². The molecule has 1 unspecified atom stereocenters. The zero-order valence-electron chi connectivity index (χ0n) is 11.6. The fourth-order valence-corrected chi connectivity index (χ4v) is 2.62. The van der Waals surface area contributed by atoms with Crippen LogP contribution in [0.4, 0.5) is 0 Å². The van der Waals surface area contributed by atoms with E-state index >= 15 is 0 Å². The molecular weight excluding hydrogens is 266 g/mol. The molecule has 4 nitrogen and oxygen atoms in total. The van der Waals surface area contributed by atoms with Gasteiger partial charge in [0, 0.05) is 12.0 Å². The molecule has 1 N–H and O–H groups in total. The van der Waals surface area contributed by atoms with Crippen LogP contribution >= 0.6 is 0 Å². The average molecular weight is 281 g/mol. The fourth-order valence-electron chi connectivity index (χ4n) is 2.62. The Balaban J connectivity index is 1.80. The van der Waals surface area contributed by atoms with Crippen molar-refractivity contribution in [3.63, 3.8) is 0 Å². The molecular formula is C17H15NO3. The number of carbonyl (C=O) groups is 2. The minimum Gasteiger partial charge on any atom is -0.496 e. The molecule has 2 aromatic rings. The zero-order chi connectivity index (χ0) is 14.8. The third kappa shape index (κ3) is 2.40. The normalized spacial score (nSPS) is 16.4. The van der Waals surface area contributed by atoms with Crippen LogP contribution < -0.4 is 10.1 Å². The van der Waals surface area contributed by atoms with E-state index in [1.165, 1.54) is 7.11 Å². The predicted octanol–water partition coefficient (Wildman–Crippen LogP) is 2.23. The summed E-state index contributed by atoms with van der Waals surface area (Å²) in [6.45, 7) is 0. The number of nitrogens with one attached hydrogen (secondary N) is 1. The van der Waals surface area contributed by atoms with Crippen LogP contribution in [0.25, 0.3) is 0 Å². The van der Waals surface area contributed by atoms with Crippen LogP contribution in [0.3, 0.4) is 0 Å². The maximum absolute atomic E-state index is 12.3. The first-order chi connectivity index (χ1) is 10.2. The lowest BCUT2D eigenvalue weighted by Crippen LogP contribution is -2.39. The van der Waals surface area contributed by atoms with Gasteiger partial charge in [0.05, 0.1) is 18.7 Å².